The maximum atomic E-state index is 12.0. The standard InChI is InChI=1S/C23H30O3/c1-4-21(25)26-20-7-5-6-18-17-9-8-15-14-16(24)10-12-22(15,2)19(17)11-13-23(18,20)3/h8-9,11,14,17-18,20H,4-7,10,12-13H2,1-3H3/t17?,18?,20?,22?,23-/m0/s1. The summed E-state index contributed by atoms with van der Waals surface area (Å²) >= 11 is 0. The van der Waals surface area contributed by atoms with Crippen molar-refractivity contribution in [1.82, 2.24) is 0 Å². The Morgan fingerprint density at radius 1 is 1.31 bits per heavy atom. The summed E-state index contributed by atoms with van der Waals surface area (Å²) in [5.41, 5.74) is 2.71. The largest absolute Gasteiger partial charge is 0.462 e. The first-order chi connectivity index (χ1) is 12.4. The molecule has 0 radical (unpaired) electrons. The summed E-state index contributed by atoms with van der Waals surface area (Å²) in [6.07, 6.45) is 15.1. The summed E-state index contributed by atoms with van der Waals surface area (Å²) in [5, 5.41) is 0. The van der Waals surface area contributed by atoms with E-state index in [1.165, 1.54) is 17.6 Å². The molecule has 1 saturated carbocycles. The summed E-state index contributed by atoms with van der Waals surface area (Å²) in [4.78, 5) is 23.9. The normalized spacial score (nSPS) is 41.3. The molecule has 5 atom stereocenters. The molecule has 0 N–H and O–H groups in total. The van der Waals surface area contributed by atoms with Gasteiger partial charge in [0.25, 0.3) is 0 Å². The van der Waals surface area contributed by atoms with Crippen molar-refractivity contribution in [1.29, 1.82) is 0 Å². The first-order valence-corrected chi connectivity index (χ1v) is 10.2. The van der Waals surface area contributed by atoms with Gasteiger partial charge in [0.05, 0.1) is 0 Å². The van der Waals surface area contributed by atoms with Gasteiger partial charge in [-0.3, -0.25) is 9.59 Å². The van der Waals surface area contributed by atoms with Crippen LogP contribution in [0.1, 0.15) is 65.7 Å². The van der Waals surface area contributed by atoms with Crippen molar-refractivity contribution in [2.75, 3.05) is 0 Å². The van der Waals surface area contributed by atoms with Crippen LogP contribution in [0, 0.1) is 22.7 Å². The Bertz CT molecular complexity index is 728. The van der Waals surface area contributed by atoms with Crippen LogP contribution < -0.4 is 0 Å². The van der Waals surface area contributed by atoms with E-state index in [1.54, 1.807) is 0 Å². The summed E-state index contributed by atoms with van der Waals surface area (Å²) in [6.45, 7) is 6.50. The van der Waals surface area contributed by atoms with Crippen molar-refractivity contribution in [3.05, 3.63) is 35.5 Å². The molecule has 140 valence electrons. The highest BCUT2D eigenvalue weighted by atomic mass is 16.5. The molecule has 0 aromatic carbocycles. The van der Waals surface area contributed by atoms with Gasteiger partial charge in [-0.1, -0.05) is 44.6 Å². The van der Waals surface area contributed by atoms with Gasteiger partial charge >= 0.3 is 5.97 Å². The lowest BCUT2D eigenvalue weighted by Gasteiger charge is -2.55. The van der Waals surface area contributed by atoms with Gasteiger partial charge in [-0.05, 0) is 49.7 Å². The van der Waals surface area contributed by atoms with E-state index < -0.39 is 0 Å². The highest BCUT2D eigenvalue weighted by Crippen LogP contribution is 2.60. The minimum atomic E-state index is -0.0752. The molecule has 26 heavy (non-hydrogen) atoms. The SMILES string of the molecule is CCC(=O)OC1CCCC2C3C=CC4=CC(=O)CCC4(C)C3=CC[C@]12C. The van der Waals surface area contributed by atoms with E-state index in [9.17, 15) is 9.59 Å². The third-order valence-electron chi connectivity index (χ3n) is 7.63. The molecule has 4 aliphatic rings. The van der Waals surface area contributed by atoms with Crippen molar-refractivity contribution in [2.24, 2.45) is 22.7 Å². The van der Waals surface area contributed by atoms with Crippen LogP contribution in [0.15, 0.2) is 35.5 Å². The second-order valence-electron chi connectivity index (χ2n) is 9.02. The van der Waals surface area contributed by atoms with E-state index in [1.807, 2.05) is 13.0 Å². The Morgan fingerprint density at radius 2 is 2.12 bits per heavy atom. The van der Waals surface area contributed by atoms with Crippen molar-refractivity contribution >= 4 is 11.8 Å². The Hall–Kier alpha value is -1.64. The minimum Gasteiger partial charge on any atom is -0.462 e. The molecular weight excluding hydrogens is 324 g/mol. The van der Waals surface area contributed by atoms with E-state index in [0.29, 0.717) is 24.7 Å². The van der Waals surface area contributed by atoms with Gasteiger partial charge in [-0.25, -0.2) is 0 Å². The van der Waals surface area contributed by atoms with Gasteiger partial charge in [0, 0.05) is 29.6 Å². The molecule has 0 aromatic heterocycles. The molecule has 0 heterocycles. The topological polar surface area (TPSA) is 43.4 Å². The van der Waals surface area contributed by atoms with E-state index >= 15 is 0 Å². The number of ether oxygens (including phenoxy) is 1. The van der Waals surface area contributed by atoms with E-state index in [4.69, 9.17) is 4.74 Å². The van der Waals surface area contributed by atoms with Gasteiger partial charge in [0.2, 0.25) is 0 Å². The fourth-order valence-electron chi connectivity index (χ4n) is 5.92. The monoisotopic (exact) mass is 354 g/mol. The van der Waals surface area contributed by atoms with Crippen LogP contribution in [0.5, 0.6) is 0 Å². The molecule has 3 nitrogen and oxygen atoms in total. The molecule has 0 amide bonds. The van der Waals surface area contributed by atoms with Gasteiger partial charge in [-0.2, -0.15) is 0 Å². The first kappa shape index (κ1) is 17.8. The molecule has 0 bridgehead atoms. The molecule has 3 heteroatoms. The smallest absolute Gasteiger partial charge is 0.305 e. The van der Waals surface area contributed by atoms with Crippen LogP contribution in [-0.4, -0.2) is 17.9 Å². The third-order valence-corrected chi connectivity index (χ3v) is 7.63. The molecule has 4 aliphatic carbocycles. The summed E-state index contributed by atoms with van der Waals surface area (Å²) in [5.74, 6) is 1.10. The molecule has 4 rings (SSSR count). The summed E-state index contributed by atoms with van der Waals surface area (Å²) in [6, 6.07) is 0. The molecule has 0 spiro atoms. The van der Waals surface area contributed by atoms with Crippen LogP contribution in [0.25, 0.3) is 0 Å². The van der Waals surface area contributed by atoms with Crippen molar-refractivity contribution in [2.45, 2.75) is 71.8 Å². The number of hydrogen-bond donors (Lipinski definition) is 0. The Balaban J connectivity index is 1.70. The van der Waals surface area contributed by atoms with Gasteiger partial charge < -0.3 is 4.74 Å². The Morgan fingerprint density at radius 3 is 2.88 bits per heavy atom. The average Bonchev–Trinajstić information content (AvgIpc) is 2.62. The van der Waals surface area contributed by atoms with Gasteiger partial charge in [-0.15, -0.1) is 0 Å². The molecule has 4 unspecified atom stereocenters. The zero-order valence-electron chi connectivity index (χ0n) is 16.2. The van der Waals surface area contributed by atoms with Crippen LogP contribution in [-0.2, 0) is 14.3 Å². The number of esters is 1. The van der Waals surface area contributed by atoms with Crippen LogP contribution in [0.2, 0.25) is 0 Å². The lowest BCUT2D eigenvalue weighted by atomic mass is 9.50. The van der Waals surface area contributed by atoms with Crippen LogP contribution >= 0.6 is 0 Å². The zero-order chi connectivity index (χ0) is 18.5. The number of fused-ring (bicyclic) bond motifs is 5. The Labute approximate surface area is 156 Å². The van der Waals surface area contributed by atoms with E-state index in [0.717, 1.165) is 25.7 Å². The third kappa shape index (κ3) is 2.54. The van der Waals surface area contributed by atoms with Crippen molar-refractivity contribution < 1.29 is 14.3 Å². The molecule has 0 aromatic rings. The van der Waals surface area contributed by atoms with Gasteiger partial charge in [0.15, 0.2) is 5.78 Å². The predicted molar refractivity (Wildman–Crippen MR) is 101 cm³/mol. The second-order valence-corrected chi connectivity index (χ2v) is 9.02. The number of rotatable bonds is 2. The number of allylic oxidation sites excluding steroid dienone is 6. The maximum Gasteiger partial charge on any atom is 0.305 e. The van der Waals surface area contributed by atoms with Crippen LogP contribution in [0.4, 0.5) is 0 Å². The fraction of sp³-hybridized carbons (Fsp3) is 0.652. The lowest BCUT2D eigenvalue weighted by molar-refractivity contribution is -0.164. The Kier molecular flexibility index (Phi) is 4.24. The van der Waals surface area contributed by atoms with Crippen LogP contribution in [0.3, 0.4) is 0 Å². The molecule has 1 fully saturated rings. The quantitative estimate of drug-likeness (QED) is 0.522. The average molecular weight is 354 g/mol. The first-order valence-electron chi connectivity index (χ1n) is 10.2. The number of carbonyl (C=O) groups excluding carboxylic acids is 2. The van der Waals surface area contributed by atoms with E-state index in [-0.39, 0.29) is 28.7 Å². The predicted octanol–water partition coefficient (Wildman–Crippen LogP) is 4.93. The van der Waals surface area contributed by atoms with Crippen molar-refractivity contribution in [3.8, 4) is 0 Å². The molecule has 0 saturated heterocycles. The van der Waals surface area contributed by atoms with E-state index in [2.05, 4.69) is 32.1 Å². The second kappa shape index (κ2) is 6.21. The summed E-state index contributed by atoms with van der Waals surface area (Å²) in [7, 11) is 0. The number of carbonyl (C=O) groups is 2. The zero-order valence-corrected chi connectivity index (χ0v) is 16.2. The molecular formula is C23H30O3. The van der Waals surface area contributed by atoms with Crippen molar-refractivity contribution in [3.63, 3.8) is 0 Å². The highest BCUT2D eigenvalue weighted by Gasteiger charge is 2.54. The number of hydrogen-bond acceptors (Lipinski definition) is 3. The summed E-state index contributed by atoms with van der Waals surface area (Å²) < 4.78 is 5.89. The highest BCUT2D eigenvalue weighted by molar-refractivity contribution is 5.92. The lowest BCUT2D eigenvalue weighted by Crippen LogP contribution is -2.51. The maximum absolute atomic E-state index is 12.0. The fourth-order valence-corrected chi connectivity index (χ4v) is 5.92. The molecule has 0 aliphatic heterocycles. The minimum absolute atomic E-state index is 0.00168. The number of ketones is 1. The van der Waals surface area contributed by atoms with Gasteiger partial charge in [0.1, 0.15) is 6.10 Å².